The van der Waals surface area contributed by atoms with Crippen molar-refractivity contribution < 1.29 is 0 Å². The number of H-pyrrole nitrogens is 1. The number of aromatic nitrogens is 2. The van der Waals surface area contributed by atoms with Crippen LogP contribution in [0.25, 0.3) is 11.3 Å². The van der Waals surface area contributed by atoms with Crippen LogP contribution in [0.15, 0.2) is 48.5 Å². The zero-order valence-electron chi connectivity index (χ0n) is 11.3. The fourth-order valence-corrected chi connectivity index (χ4v) is 2.53. The largest absolute Gasteiger partial charge is 0.339 e. The maximum absolute atomic E-state index is 6.20. The van der Waals surface area contributed by atoms with Crippen LogP contribution in [0.2, 0.25) is 10.0 Å². The van der Waals surface area contributed by atoms with Crippen LogP contribution in [0.3, 0.4) is 0 Å². The second-order valence-corrected chi connectivity index (χ2v) is 5.63. The van der Waals surface area contributed by atoms with E-state index in [-0.39, 0.29) is 0 Å². The van der Waals surface area contributed by atoms with Crippen molar-refractivity contribution in [2.45, 2.75) is 6.92 Å². The predicted molar refractivity (Wildman–Crippen MR) is 88.5 cm³/mol. The van der Waals surface area contributed by atoms with Crippen molar-refractivity contribution in [3.8, 4) is 11.3 Å². The second kappa shape index (κ2) is 5.80. The highest BCUT2D eigenvalue weighted by molar-refractivity contribution is 6.36. The Hall–Kier alpha value is -1.97. The number of aromatic amines is 1. The molecule has 0 aliphatic carbocycles. The van der Waals surface area contributed by atoms with Gasteiger partial charge in [0.2, 0.25) is 0 Å². The van der Waals surface area contributed by atoms with Crippen LogP contribution >= 0.6 is 23.2 Å². The van der Waals surface area contributed by atoms with Gasteiger partial charge in [0.05, 0.1) is 10.7 Å². The SMILES string of the molecule is Cc1ccc(Nc2cc(-c3ccc(Cl)cc3Cl)[nH]n2)cc1. The van der Waals surface area contributed by atoms with Gasteiger partial charge in [-0.3, -0.25) is 5.10 Å². The molecule has 0 amide bonds. The number of aryl methyl sites for hydroxylation is 1. The van der Waals surface area contributed by atoms with Gasteiger partial charge in [-0.15, -0.1) is 0 Å². The molecule has 0 saturated heterocycles. The summed E-state index contributed by atoms with van der Waals surface area (Å²) in [5.74, 6) is 0.736. The summed E-state index contributed by atoms with van der Waals surface area (Å²) in [6, 6.07) is 15.4. The van der Waals surface area contributed by atoms with E-state index < -0.39 is 0 Å². The summed E-state index contributed by atoms with van der Waals surface area (Å²) in [5.41, 5.74) is 3.91. The van der Waals surface area contributed by atoms with Crippen molar-refractivity contribution in [3.05, 3.63) is 64.1 Å². The summed E-state index contributed by atoms with van der Waals surface area (Å²) < 4.78 is 0. The lowest BCUT2D eigenvalue weighted by Gasteiger charge is -2.02. The van der Waals surface area contributed by atoms with Crippen LogP contribution in [0.5, 0.6) is 0 Å². The predicted octanol–water partition coefficient (Wildman–Crippen LogP) is 5.44. The lowest BCUT2D eigenvalue weighted by Crippen LogP contribution is -1.89. The van der Waals surface area contributed by atoms with Gasteiger partial charge in [0.25, 0.3) is 0 Å². The molecule has 1 aromatic heterocycles. The molecule has 0 unspecified atom stereocenters. The molecule has 3 nitrogen and oxygen atoms in total. The van der Waals surface area contributed by atoms with Gasteiger partial charge >= 0.3 is 0 Å². The summed E-state index contributed by atoms with van der Waals surface area (Å²) in [6.07, 6.45) is 0. The Balaban J connectivity index is 1.84. The Morgan fingerprint density at radius 1 is 1.00 bits per heavy atom. The molecule has 2 N–H and O–H groups in total. The molecule has 0 atom stereocenters. The van der Waals surface area contributed by atoms with Crippen LogP contribution in [-0.2, 0) is 0 Å². The Morgan fingerprint density at radius 3 is 2.48 bits per heavy atom. The van der Waals surface area contributed by atoms with Crippen molar-refractivity contribution in [1.82, 2.24) is 10.2 Å². The Labute approximate surface area is 132 Å². The first-order valence-electron chi connectivity index (χ1n) is 6.46. The maximum atomic E-state index is 6.20. The topological polar surface area (TPSA) is 40.7 Å². The highest BCUT2D eigenvalue weighted by Gasteiger charge is 2.08. The Morgan fingerprint density at radius 2 is 1.76 bits per heavy atom. The highest BCUT2D eigenvalue weighted by Crippen LogP contribution is 2.30. The van der Waals surface area contributed by atoms with E-state index in [9.17, 15) is 0 Å². The second-order valence-electron chi connectivity index (χ2n) is 4.78. The molecule has 0 saturated carbocycles. The van der Waals surface area contributed by atoms with Crippen molar-refractivity contribution in [3.63, 3.8) is 0 Å². The van der Waals surface area contributed by atoms with Crippen LogP contribution in [-0.4, -0.2) is 10.2 Å². The van der Waals surface area contributed by atoms with Gasteiger partial charge < -0.3 is 5.32 Å². The Bertz CT molecular complexity index is 763. The van der Waals surface area contributed by atoms with E-state index in [1.54, 1.807) is 12.1 Å². The fraction of sp³-hybridized carbons (Fsp3) is 0.0625. The van der Waals surface area contributed by atoms with Crippen LogP contribution < -0.4 is 5.32 Å². The van der Waals surface area contributed by atoms with Crippen LogP contribution in [0.1, 0.15) is 5.56 Å². The van der Waals surface area contributed by atoms with E-state index in [4.69, 9.17) is 23.2 Å². The summed E-state index contributed by atoms with van der Waals surface area (Å²) in [7, 11) is 0. The van der Waals surface area contributed by atoms with E-state index in [1.807, 2.05) is 36.4 Å². The third kappa shape index (κ3) is 3.20. The number of hydrogen-bond acceptors (Lipinski definition) is 2. The van der Waals surface area contributed by atoms with E-state index in [1.165, 1.54) is 5.56 Å². The molecular formula is C16H13Cl2N3. The minimum absolute atomic E-state index is 0.591. The van der Waals surface area contributed by atoms with E-state index >= 15 is 0 Å². The van der Waals surface area contributed by atoms with Gasteiger partial charge in [-0.2, -0.15) is 5.10 Å². The van der Waals surface area contributed by atoms with Gasteiger partial charge in [-0.25, -0.2) is 0 Å². The molecule has 5 heteroatoms. The quantitative estimate of drug-likeness (QED) is 0.675. The van der Waals surface area contributed by atoms with Gasteiger partial charge in [0, 0.05) is 22.3 Å². The molecule has 0 aliphatic heterocycles. The highest BCUT2D eigenvalue weighted by atomic mass is 35.5. The lowest BCUT2D eigenvalue weighted by atomic mass is 10.1. The van der Waals surface area contributed by atoms with Crippen molar-refractivity contribution in [2.75, 3.05) is 5.32 Å². The number of nitrogens with one attached hydrogen (secondary N) is 2. The molecule has 21 heavy (non-hydrogen) atoms. The number of rotatable bonds is 3. The van der Waals surface area contributed by atoms with E-state index in [0.29, 0.717) is 10.0 Å². The lowest BCUT2D eigenvalue weighted by molar-refractivity contribution is 1.10. The van der Waals surface area contributed by atoms with Gasteiger partial charge in [0.1, 0.15) is 0 Å². The maximum Gasteiger partial charge on any atom is 0.152 e. The average Bonchev–Trinajstić information content (AvgIpc) is 2.90. The zero-order chi connectivity index (χ0) is 14.8. The molecule has 2 aromatic carbocycles. The summed E-state index contributed by atoms with van der Waals surface area (Å²) >= 11 is 12.1. The minimum Gasteiger partial charge on any atom is -0.339 e. The minimum atomic E-state index is 0.591. The molecule has 0 radical (unpaired) electrons. The molecular weight excluding hydrogens is 305 g/mol. The Kier molecular flexibility index (Phi) is 3.86. The van der Waals surface area contributed by atoms with E-state index in [0.717, 1.165) is 22.8 Å². The monoisotopic (exact) mass is 317 g/mol. The van der Waals surface area contributed by atoms with Gasteiger partial charge in [-0.1, -0.05) is 40.9 Å². The summed E-state index contributed by atoms with van der Waals surface area (Å²) in [4.78, 5) is 0. The van der Waals surface area contributed by atoms with Crippen molar-refractivity contribution in [1.29, 1.82) is 0 Å². The molecule has 0 spiro atoms. The molecule has 3 aromatic rings. The average molecular weight is 318 g/mol. The number of nitrogens with zero attached hydrogens (tertiary/aromatic N) is 1. The first-order chi connectivity index (χ1) is 10.1. The number of halogens is 2. The smallest absolute Gasteiger partial charge is 0.152 e. The fourth-order valence-electron chi connectivity index (χ4n) is 2.02. The number of hydrogen-bond donors (Lipinski definition) is 2. The first-order valence-corrected chi connectivity index (χ1v) is 7.22. The summed E-state index contributed by atoms with van der Waals surface area (Å²) in [6.45, 7) is 2.05. The zero-order valence-corrected chi connectivity index (χ0v) is 12.8. The molecule has 106 valence electrons. The first kappa shape index (κ1) is 14.0. The molecule has 1 heterocycles. The normalized spacial score (nSPS) is 10.6. The van der Waals surface area contributed by atoms with Crippen LogP contribution in [0, 0.1) is 6.92 Å². The number of anilines is 2. The number of benzene rings is 2. The van der Waals surface area contributed by atoms with Gasteiger partial charge in [0.15, 0.2) is 5.82 Å². The molecule has 0 bridgehead atoms. The third-order valence-corrected chi connectivity index (χ3v) is 3.67. The molecule has 0 fully saturated rings. The molecule has 0 aliphatic rings. The van der Waals surface area contributed by atoms with Crippen molar-refractivity contribution in [2.24, 2.45) is 0 Å². The van der Waals surface area contributed by atoms with E-state index in [2.05, 4.69) is 22.4 Å². The standard InChI is InChI=1S/C16H13Cl2N3/c1-10-2-5-12(6-3-10)19-16-9-15(20-21-16)13-7-4-11(17)8-14(13)18/h2-9H,1H3,(H2,19,20,21). The van der Waals surface area contributed by atoms with Crippen molar-refractivity contribution >= 4 is 34.7 Å². The summed E-state index contributed by atoms with van der Waals surface area (Å²) in [5, 5.41) is 11.7. The van der Waals surface area contributed by atoms with Crippen LogP contribution in [0.4, 0.5) is 11.5 Å². The third-order valence-electron chi connectivity index (χ3n) is 3.12. The molecule has 3 rings (SSSR count). The van der Waals surface area contributed by atoms with Gasteiger partial charge in [-0.05, 0) is 37.3 Å².